The molecule has 1 aliphatic carbocycles. The highest BCUT2D eigenvalue weighted by molar-refractivity contribution is 9.10. The van der Waals surface area contributed by atoms with Crippen molar-refractivity contribution in [3.05, 3.63) is 71.1 Å². The second kappa shape index (κ2) is 9.23. The fraction of sp³-hybridized carbons (Fsp3) is 0.320. The smallest absolute Gasteiger partial charge is 0.225 e. The lowest BCUT2D eigenvalue weighted by molar-refractivity contribution is -0.0542. The standard InChI is InChI=1S/C25H26BrN5O3/c1-25(32)11-18(12-25)16-30(15-17-5-7-19(33-2)8-6-17)23-10-22(34-20-4-3-9-27-13-20)29-24-21(26)14-28-31(23)24/h3-10,13-14,18,32H,11-12,15-16H2,1-2H3/t18-,25+. The average Bonchev–Trinajstić information content (AvgIpc) is 3.19. The first-order valence-corrected chi connectivity index (χ1v) is 11.9. The van der Waals surface area contributed by atoms with Crippen LogP contribution in [0.1, 0.15) is 25.3 Å². The van der Waals surface area contributed by atoms with Crippen LogP contribution in [0.25, 0.3) is 5.65 Å². The van der Waals surface area contributed by atoms with Crippen LogP contribution in [0.4, 0.5) is 5.82 Å². The normalized spacial score (nSPS) is 19.6. The average molecular weight is 524 g/mol. The third kappa shape index (κ3) is 4.85. The molecule has 3 heterocycles. The number of hydrogen-bond donors (Lipinski definition) is 1. The van der Waals surface area contributed by atoms with Crippen LogP contribution in [-0.4, -0.2) is 43.9 Å². The van der Waals surface area contributed by atoms with Crippen LogP contribution in [-0.2, 0) is 6.54 Å². The summed E-state index contributed by atoms with van der Waals surface area (Å²) < 4.78 is 14.0. The molecule has 0 saturated heterocycles. The molecule has 1 saturated carbocycles. The fourth-order valence-electron chi connectivity index (χ4n) is 4.52. The van der Waals surface area contributed by atoms with Crippen LogP contribution >= 0.6 is 15.9 Å². The molecule has 5 rings (SSSR count). The van der Waals surface area contributed by atoms with Crippen molar-refractivity contribution in [1.29, 1.82) is 0 Å². The van der Waals surface area contributed by atoms with Gasteiger partial charge in [-0.15, -0.1) is 0 Å². The van der Waals surface area contributed by atoms with E-state index in [1.807, 2.05) is 41.8 Å². The van der Waals surface area contributed by atoms with Gasteiger partial charge < -0.3 is 19.5 Å². The van der Waals surface area contributed by atoms with E-state index in [9.17, 15) is 5.11 Å². The van der Waals surface area contributed by atoms with Crippen molar-refractivity contribution < 1.29 is 14.6 Å². The molecule has 176 valence electrons. The second-order valence-electron chi connectivity index (χ2n) is 8.97. The van der Waals surface area contributed by atoms with Gasteiger partial charge in [0.05, 0.1) is 29.6 Å². The summed E-state index contributed by atoms with van der Waals surface area (Å²) in [5.74, 6) is 3.12. The number of rotatable bonds is 8. The Hall–Kier alpha value is -3.17. The van der Waals surface area contributed by atoms with Crippen LogP contribution in [0, 0.1) is 5.92 Å². The Morgan fingerprint density at radius 2 is 1.97 bits per heavy atom. The van der Waals surface area contributed by atoms with Gasteiger partial charge in [0.1, 0.15) is 17.3 Å². The lowest BCUT2D eigenvalue weighted by Gasteiger charge is -2.43. The maximum absolute atomic E-state index is 10.3. The van der Waals surface area contributed by atoms with E-state index in [4.69, 9.17) is 9.47 Å². The van der Waals surface area contributed by atoms with Crippen molar-refractivity contribution in [2.75, 3.05) is 18.6 Å². The van der Waals surface area contributed by atoms with Gasteiger partial charge >= 0.3 is 0 Å². The zero-order chi connectivity index (χ0) is 23.7. The highest BCUT2D eigenvalue weighted by Gasteiger charge is 2.39. The Morgan fingerprint density at radius 1 is 1.18 bits per heavy atom. The summed E-state index contributed by atoms with van der Waals surface area (Å²) in [5, 5.41) is 14.9. The summed E-state index contributed by atoms with van der Waals surface area (Å²) in [6.45, 7) is 3.32. The van der Waals surface area contributed by atoms with E-state index < -0.39 is 5.60 Å². The van der Waals surface area contributed by atoms with Crippen molar-refractivity contribution in [1.82, 2.24) is 19.6 Å². The molecule has 8 nitrogen and oxygen atoms in total. The number of fused-ring (bicyclic) bond motifs is 1. The third-order valence-electron chi connectivity index (χ3n) is 6.04. The first-order valence-electron chi connectivity index (χ1n) is 11.1. The molecule has 1 aromatic carbocycles. The van der Waals surface area contributed by atoms with E-state index in [0.29, 0.717) is 29.7 Å². The Labute approximate surface area is 206 Å². The number of ether oxygens (including phenoxy) is 2. The van der Waals surface area contributed by atoms with Crippen molar-refractivity contribution in [2.24, 2.45) is 5.92 Å². The summed E-state index contributed by atoms with van der Waals surface area (Å²) in [5.41, 5.74) is 1.21. The van der Waals surface area contributed by atoms with Gasteiger partial charge in [-0.05, 0) is 71.4 Å². The maximum atomic E-state index is 10.3. The number of nitrogens with zero attached hydrogens (tertiary/aromatic N) is 5. The molecule has 0 aliphatic heterocycles. The van der Waals surface area contributed by atoms with E-state index in [1.54, 1.807) is 25.7 Å². The molecule has 9 heteroatoms. The first-order chi connectivity index (χ1) is 16.4. The number of methoxy groups -OCH3 is 1. The number of hydrogen-bond acceptors (Lipinski definition) is 7. The Bertz CT molecular complexity index is 1270. The zero-order valence-corrected chi connectivity index (χ0v) is 20.6. The highest BCUT2D eigenvalue weighted by atomic mass is 79.9. The molecule has 1 fully saturated rings. The lowest BCUT2D eigenvalue weighted by Crippen LogP contribution is -2.46. The van der Waals surface area contributed by atoms with E-state index in [2.05, 4.69) is 48.0 Å². The molecule has 0 unspecified atom stereocenters. The van der Waals surface area contributed by atoms with Crippen LogP contribution < -0.4 is 14.4 Å². The topological polar surface area (TPSA) is 85.0 Å². The van der Waals surface area contributed by atoms with E-state index in [0.717, 1.165) is 41.0 Å². The van der Waals surface area contributed by atoms with Gasteiger partial charge in [-0.3, -0.25) is 4.98 Å². The first kappa shape index (κ1) is 22.6. The third-order valence-corrected chi connectivity index (χ3v) is 6.59. The summed E-state index contributed by atoms with van der Waals surface area (Å²) in [6, 6.07) is 13.6. The van der Waals surface area contributed by atoms with E-state index in [1.165, 1.54) is 0 Å². The van der Waals surface area contributed by atoms with Gasteiger partial charge in [-0.2, -0.15) is 14.6 Å². The molecule has 4 aromatic rings. The Morgan fingerprint density at radius 3 is 2.65 bits per heavy atom. The van der Waals surface area contributed by atoms with Gasteiger partial charge in [0, 0.05) is 25.4 Å². The molecular formula is C25H26BrN5O3. The summed E-state index contributed by atoms with van der Waals surface area (Å²) in [6.07, 6.45) is 6.62. The number of aliphatic hydroxyl groups is 1. The van der Waals surface area contributed by atoms with Crippen LogP contribution in [0.5, 0.6) is 17.4 Å². The number of aromatic nitrogens is 4. The fourth-order valence-corrected chi connectivity index (χ4v) is 4.87. The molecule has 34 heavy (non-hydrogen) atoms. The molecule has 3 aromatic heterocycles. The quantitative estimate of drug-likeness (QED) is 0.353. The van der Waals surface area contributed by atoms with Crippen LogP contribution in [0.3, 0.4) is 0 Å². The number of halogens is 1. The minimum Gasteiger partial charge on any atom is -0.497 e. The summed E-state index contributed by atoms with van der Waals surface area (Å²) in [7, 11) is 1.66. The largest absolute Gasteiger partial charge is 0.497 e. The predicted octanol–water partition coefficient (Wildman–Crippen LogP) is 4.86. The monoisotopic (exact) mass is 523 g/mol. The predicted molar refractivity (Wildman–Crippen MR) is 132 cm³/mol. The summed E-state index contributed by atoms with van der Waals surface area (Å²) in [4.78, 5) is 11.1. The van der Waals surface area contributed by atoms with Gasteiger partial charge in [0.2, 0.25) is 5.88 Å². The zero-order valence-electron chi connectivity index (χ0n) is 19.1. The summed E-state index contributed by atoms with van der Waals surface area (Å²) >= 11 is 3.56. The van der Waals surface area contributed by atoms with Gasteiger partial charge in [-0.25, -0.2) is 0 Å². The molecule has 0 spiro atoms. The molecule has 1 N–H and O–H groups in total. The van der Waals surface area contributed by atoms with Gasteiger partial charge in [0.15, 0.2) is 5.65 Å². The van der Waals surface area contributed by atoms with Crippen LogP contribution in [0.15, 0.2) is 65.5 Å². The molecule has 0 amide bonds. The second-order valence-corrected chi connectivity index (χ2v) is 9.83. The minimum atomic E-state index is -0.590. The molecule has 1 aliphatic rings. The van der Waals surface area contributed by atoms with Crippen molar-refractivity contribution >= 4 is 27.4 Å². The van der Waals surface area contributed by atoms with Gasteiger partial charge in [-0.1, -0.05) is 12.1 Å². The Balaban J connectivity index is 1.52. The van der Waals surface area contributed by atoms with E-state index in [-0.39, 0.29) is 0 Å². The number of anilines is 1. The van der Waals surface area contributed by atoms with Crippen molar-refractivity contribution in [3.8, 4) is 17.4 Å². The van der Waals surface area contributed by atoms with Gasteiger partial charge in [0.25, 0.3) is 0 Å². The molecule has 0 bridgehead atoms. The SMILES string of the molecule is COc1ccc(CN(C[C@H]2C[C@@](C)(O)C2)c2cc(Oc3cccnc3)nc3c(Br)cnn23)cc1. The number of pyridine rings is 1. The minimum absolute atomic E-state index is 0.373. The van der Waals surface area contributed by atoms with Crippen LogP contribution in [0.2, 0.25) is 0 Å². The highest BCUT2D eigenvalue weighted by Crippen LogP contribution is 2.39. The molecular weight excluding hydrogens is 498 g/mol. The maximum Gasteiger partial charge on any atom is 0.225 e. The lowest BCUT2D eigenvalue weighted by atomic mass is 9.72. The van der Waals surface area contributed by atoms with E-state index >= 15 is 0 Å². The molecule has 0 atom stereocenters. The Kier molecular flexibility index (Phi) is 6.14. The number of benzene rings is 1. The van der Waals surface area contributed by atoms with Crippen molar-refractivity contribution in [3.63, 3.8) is 0 Å². The molecule has 0 radical (unpaired) electrons. The van der Waals surface area contributed by atoms with Crippen molar-refractivity contribution in [2.45, 2.75) is 31.9 Å².